The van der Waals surface area contributed by atoms with Crippen molar-refractivity contribution >= 4 is 21.6 Å². The van der Waals surface area contributed by atoms with Crippen LogP contribution in [0.1, 0.15) is 19.4 Å². The number of rotatable bonds is 7. The number of fused-ring (bicyclic) bond motifs is 1. The molecule has 0 aliphatic heterocycles. The standard InChI is InChI=1S/C17H21N5O2S/c1-3-21(4-2)25(23,24)15-10-11-16-19-20-17(22(16)13-15)18-12-14-8-6-5-7-9-14/h5-11,13H,3-4,12H2,1-2H3,(H,18,20). The lowest BCUT2D eigenvalue weighted by Gasteiger charge is -2.18. The van der Waals surface area contributed by atoms with Crippen molar-refractivity contribution in [1.29, 1.82) is 0 Å². The molecule has 3 aromatic rings. The number of anilines is 1. The molecular weight excluding hydrogens is 338 g/mol. The molecule has 0 unspecified atom stereocenters. The smallest absolute Gasteiger partial charge is 0.244 e. The Kier molecular flexibility index (Phi) is 5.00. The zero-order valence-corrected chi connectivity index (χ0v) is 15.1. The van der Waals surface area contributed by atoms with Crippen LogP contribution in [-0.2, 0) is 16.6 Å². The fraction of sp³-hybridized carbons (Fsp3) is 0.294. The number of benzene rings is 1. The molecule has 0 atom stereocenters. The Morgan fingerprint density at radius 3 is 2.44 bits per heavy atom. The van der Waals surface area contributed by atoms with Crippen molar-refractivity contribution in [1.82, 2.24) is 18.9 Å². The van der Waals surface area contributed by atoms with Gasteiger partial charge >= 0.3 is 0 Å². The van der Waals surface area contributed by atoms with Gasteiger partial charge in [0.05, 0.1) is 4.90 Å². The van der Waals surface area contributed by atoms with E-state index in [0.717, 1.165) is 5.56 Å². The molecule has 0 saturated heterocycles. The number of pyridine rings is 1. The van der Waals surface area contributed by atoms with Crippen molar-refractivity contribution in [3.63, 3.8) is 0 Å². The molecule has 1 aromatic carbocycles. The second-order valence-corrected chi connectivity index (χ2v) is 7.48. The van der Waals surface area contributed by atoms with Crippen molar-refractivity contribution in [2.45, 2.75) is 25.3 Å². The van der Waals surface area contributed by atoms with E-state index < -0.39 is 10.0 Å². The highest BCUT2D eigenvalue weighted by Gasteiger charge is 2.22. The number of nitrogens with zero attached hydrogens (tertiary/aromatic N) is 4. The molecule has 7 nitrogen and oxygen atoms in total. The molecule has 0 bridgehead atoms. The third-order valence-electron chi connectivity index (χ3n) is 4.01. The van der Waals surface area contributed by atoms with E-state index in [1.165, 1.54) is 4.31 Å². The Morgan fingerprint density at radius 1 is 1.04 bits per heavy atom. The SMILES string of the molecule is CCN(CC)S(=O)(=O)c1ccc2nnc(NCc3ccccc3)n2c1. The van der Waals surface area contributed by atoms with Gasteiger partial charge in [-0.25, -0.2) is 8.42 Å². The van der Waals surface area contributed by atoms with Crippen molar-refractivity contribution < 1.29 is 8.42 Å². The van der Waals surface area contributed by atoms with Crippen molar-refractivity contribution in [3.8, 4) is 0 Å². The fourth-order valence-electron chi connectivity index (χ4n) is 2.63. The van der Waals surface area contributed by atoms with Crippen LogP contribution in [0.3, 0.4) is 0 Å². The molecule has 0 radical (unpaired) electrons. The van der Waals surface area contributed by atoms with Crippen LogP contribution in [0.15, 0.2) is 53.6 Å². The first kappa shape index (κ1) is 17.4. The molecular formula is C17H21N5O2S. The van der Waals surface area contributed by atoms with Gasteiger partial charge in [0.2, 0.25) is 16.0 Å². The molecule has 0 saturated carbocycles. The molecule has 0 spiro atoms. The maximum absolute atomic E-state index is 12.7. The molecule has 2 heterocycles. The van der Waals surface area contributed by atoms with Gasteiger partial charge in [-0.3, -0.25) is 4.40 Å². The largest absolute Gasteiger partial charge is 0.350 e. The molecule has 1 N–H and O–H groups in total. The van der Waals surface area contributed by atoms with Gasteiger partial charge in [0.1, 0.15) is 0 Å². The summed E-state index contributed by atoms with van der Waals surface area (Å²) in [5, 5.41) is 11.4. The second kappa shape index (κ2) is 7.20. The third kappa shape index (κ3) is 3.49. The van der Waals surface area contributed by atoms with Crippen molar-refractivity contribution in [3.05, 3.63) is 54.2 Å². The van der Waals surface area contributed by atoms with Gasteiger partial charge < -0.3 is 5.32 Å². The monoisotopic (exact) mass is 359 g/mol. The highest BCUT2D eigenvalue weighted by Crippen LogP contribution is 2.18. The summed E-state index contributed by atoms with van der Waals surface area (Å²) in [5.41, 5.74) is 1.69. The van der Waals surface area contributed by atoms with Crippen LogP contribution in [-0.4, -0.2) is 40.4 Å². The minimum absolute atomic E-state index is 0.228. The van der Waals surface area contributed by atoms with Crippen LogP contribution >= 0.6 is 0 Å². The summed E-state index contributed by atoms with van der Waals surface area (Å²) in [6.07, 6.45) is 1.57. The molecule has 3 rings (SSSR count). The van der Waals surface area contributed by atoms with Crippen molar-refractivity contribution in [2.24, 2.45) is 0 Å². The summed E-state index contributed by atoms with van der Waals surface area (Å²) >= 11 is 0. The van der Waals surface area contributed by atoms with Crippen LogP contribution in [0.25, 0.3) is 5.65 Å². The average Bonchev–Trinajstić information content (AvgIpc) is 3.04. The predicted molar refractivity (Wildman–Crippen MR) is 96.9 cm³/mol. The Balaban J connectivity index is 1.92. The molecule has 132 valence electrons. The summed E-state index contributed by atoms with van der Waals surface area (Å²) in [4.78, 5) is 0.228. The first-order valence-corrected chi connectivity index (χ1v) is 9.63. The van der Waals surface area contributed by atoms with E-state index in [0.29, 0.717) is 31.2 Å². The maximum atomic E-state index is 12.7. The van der Waals surface area contributed by atoms with E-state index in [-0.39, 0.29) is 4.90 Å². The lowest BCUT2D eigenvalue weighted by atomic mass is 10.2. The predicted octanol–water partition coefficient (Wildman–Crippen LogP) is 2.37. The molecule has 0 aliphatic rings. The van der Waals surface area contributed by atoms with Crippen LogP contribution in [0.5, 0.6) is 0 Å². The van der Waals surface area contributed by atoms with Gasteiger partial charge in [-0.1, -0.05) is 44.2 Å². The van der Waals surface area contributed by atoms with Gasteiger partial charge in [-0.2, -0.15) is 4.31 Å². The van der Waals surface area contributed by atoms with E-state index in [4.69, 9.17) is 0 Å². The topological polar surface area (TPSA) is 79.6 Å². The Labute approximate surface area is 147 Å². The number of aromatic nitrogens is 3. The zero-order valence-electron chi connectivity index (χ0n) is 14.3. The summed E-state index contributed by atoms with van der Waals surface area (Å²) in [6.45, 7) is 5.08. The maximum Gasteiger partial charge on any atom is 0.244 e. The van der Waals surface area contributed by atoms with E-state index >= 15 is 0 Å². The number of hydrogen-bond acceptors (Lipinski definition) is 5. The zero-order chi connectivity index (χ0) is 17.9. The van der Waals surface area contributed by atoms with Crippen LogP contribution in [0.2, 0.25) is 0 Å². The molecule has 8 heteroatoms. The Hall–Kier alpha value is -2.45. The molecule has 0 fully saturated rings. The summed E-state index contributed by atoms with van der Waals surface area (Å²) in [6, 6.07) is 13.1. The minimum Gasteiger partial charge on any atom is -0.350 e. The number of sulfonamides is 1. The van der Waals surface area contributed by atoms with Gasteiger partial charge in [-0.05, 0) is 17.7 Å². The van der Waals surface area contributed by atoms with E-state index in [2.05, 4.69) is 15.5 Å². The average molecular weight is 359 g/mol. The summed E-state index contributed by atoms with van der Waals surface area (Å²) in [5.74, 6) is 0.510. The highest BCUT2D eigenvalue weighted by atomic mass is 32.2. The molecule has 2 aromatic heterocycles. The van der Waals surface area contributed by atoms with Crippen molar-refractivity contribution in [2.75, 3.05) is 18.4 Å². The molecule has 0 aliphatic carbocycles. The van der Waals surface area contributed by atoms with Gasteiger partial charge in [0.25, 0.3) is 0 Å². The second-order valence-electron chi connectivity index (χ2n) is 5.55. The Bertz CT molecular complexity index is 950. The molecule has 0 amide bonds. The van der Waals surface area contributed by atoms with Crippen LogP contribution in [0, 0.1) is 0 Å². The normalized spacial score (nSPS) is 12.0. The lowest BCUT2D eigenvalue weighted by molar-refractivity contribution is 0.445. The number of hydrogen-bond donors (Lipinski definition) is 1. The summed E-state index contributed by atoms with van der Waals surface area (Å²) < 4.78 is 28.5. The highest BCUT2D eigenvalue weighted by molar-refractivity contribution is 7.89. The van der Waals surface area contributed by atoms with Gasteiger partial charge in [0.15, 0.2) is 5.65 Å². The van der Waals surface area contributed by atoms with E-state index in [9.17, 15) is 8.42 Å². The van der Waals surface area contributed by atoms with E-state index in [1.807, 2.05) is 44.2 Å². The quantitative estimate of drug-likeness (QED) is 0.701. The minimum atomic E-state index is -3.53. The van der Waals surface area contributed by atoms with Crippen LogP contribution < -0.4 is 5.32 Å². The lowest BCUT2D eigenvalue weighted by Crippen LogP contribution is -2.30. The fourth-order valence-corrected chi connectivity index (χ4v) is 4.09. The third-order valence-corrected chi connectivity index (χ3v) is 6.05. The van der Waals surface area contributed by atoms with Crippen LogP contribution in [0.4, 0.5) is 5.95 Å². The first-order valence-electron chi connectivity index (χ1n) is 8.19. The number of nitrogens with one attached hydrogen (secondary N) is 1. The molecule has 25 heavy (non-hydrogen) atoms. The van der Waals surface area contributed by atoms with Gasteiger partial charge in [0, 0.05) is 25.8 Å². The first-order chi connectivity index (χ1) is 12.1. The van der Waals surface area contributed by atoms with Gasteiger partial charge in [-0.15, -0.1) is 10.2 Å². The summed E-state index contributed by atoms with van der Waals surface area (Å²) in [7, 11) is -3.53. The Morgan fingerprint density at radius 2 is 1.76 bits per heavy atom. The van der Waals surface area contributed by atoms with E-state index in [1.54, 1.807) is 22.7 Å².